The molecule has 3 nitrogen and oxygen atoms in total. The molecule has 4 N–H and O–H groups in total. The van der Waals surface area contributed by atoms with E-state index in [0.717, 1.165) is 6.54 Å². The van der Waals surface area contributed by atoms with E-state index in [2.05, 4.69) is 42.4 Å². The van der Waals surface area contributed by atoms with Gasteiger partial charge in [0.25, 0.3) is 0 Å². The van der Waals surface area contributed by atoms with E-state index in [1.165, 1.54) is 34.2 Å². The van der Waals surface area contributed by atoms with E-state index in [0.29, 0.717) is 0 Å². The molecule has 5 heteroatoms. The molecule has 0 amide bonds. The summed E-state index contributed by atoms with van der Waals surface area (Å²) in [6.45, 7) is 5.37. The fourth-order valence-electron chi connectivity index (χ4n) is 1.70. The van der Waals surface area contributed by atoms with Gasteiger partial charge in [-0.05, 0) is 43.2 Å². The lowest BCUT2D eigenvalue weighted by molar-refractivity contribution is -0.454. The lowest BCUT2D eigenvalue weighted by Gasteiger charge is -2.10. The zero-order chi connectivity index (χ0) is 10.7. The number of para-hydroxylation sites is 1. The van der Waals surface area contributed by atoms with E-state index in [-0.39, 0.29) is 17.9 Å². The first-order chi connectivity index (χ1) is 7.27. The highest BCUT2D eigenvalue weighted by Crippen LogP contribution is 2.20. The third-order valence-electron chi connectivity index (χ3n) is 2.57. The average molecular weight is 275 g/mol. The number of halogens is 1. The first kappa shape index (κ1) is 16.3. The summed E-state index contributed by atoms with van der Waals surface area (Å²) in [6, 6.07) is 6.38. The van der Waals surface area contributed by atoms with Gasteiger partial charge in [0, 0.05) is 5.75 Å². The molecular weight excluding hydrogens is 256 g/mol. The lowest BCUT2D eigenvalue weighted by Crippen LogP contribution is -3.00. The van der Waals surface area contributed by atoms with Crippen molar-refractivity contribution >= 4 is 22.6 Å². The van der Waals surface area contributed by atoms with Crippen LogP contribution in [0.5, 0.6) is 0 Å². The molecule has 1 aromatic rings. The molecule has 0 atom stereocenters. The van der Waals surface area contributed by atoms with E-state index in [9.17, 15) is 0 Å². The number of hydrogen-bond donors (Lipinski definition) is 2. The standard InChI is InChI=1S/C12H16N2S.ClH.H2O/c1-9-5-3-6-10(2)11(9)14-12-13-7-4-8-15-12;;/h3,5-6H,4,7-8H2,1-2H3,(H,13,14);1H;1H2. The number of hydrogen-bond acceptors (Lipinski definition) is 2. The van der Waals surface area contributed by atoms with E-state index in [1.54, 1.807) is 0 Å². The van der Waals surface area contributed by atoms with E-state index >= 15 is 0 Å². The van der Waals surface area contributed by atoms with Crippen molar-refractivity contribution in [3.63, 3.8) is 0 Å². The Balaban J connectivity index is 0.00000128. The molecule has 0 fully saturated rings. The summed E-state index contributed by atoms with van der Waals surface area (Å²) >= 11 is 1.87. The van der Waals surface area contributed by atoms with Crippen molar-refractivity contribution < 1.29 is 22.9 Å². The van der Waals surface area contributed by atoms with Crippen molar-refractivity contribution in [3.05, 3.63) is 29.3 Å². The van der Waals surface area contributed by atoms with Gasteiger partial charge >= 0.3 is 5.17 Å². The molecule has 0 saturated heterocycles. The second-order valence-corrected chi connectivity index (χ2v) is 4.95. The molecule has 2 rings (SSSR count). The van der Waals surface area contributed by atoms with E-state index in [1.807, 2.05) is 11.8 Å². The Bertz CT molecular complexity index is 376. The molecular formula is C12H19ClN2OS. The fourth-order valence-corrected chi connectivity index (χ4v) is 2.58. The fraction of sp³-hybridized carbons (Fsp3) is 0.417. The number of rotatable bonds is 1. The van der Waals surface area contributed by atoms with Gasteiger partial charge in [-0.25, -0.2) is 5.32 Å². The Kier molecular flexibility index (Phi) is 7.27. The monoisotopic (exact) mass is 274 g/mol. The summed E-state index contributed by atoms with van der Waals surface area (Å²) in [5.41, 5.74) is 3.85. The molecule has 0 spiro atoms. The summed E-state index contributed by atoms with van der Waals surface area (Å²) in [5, 5.41) is 4.68. The predicted molar refractivity (Wildman–Crippen MR) is 71.1 cm³/mol. The van der Waals surface area contributed by atoms with Gasteiger partial charge in [-0.1, -0.05) is 18.2 Å². The minimum absolute atomic E-state index is 0. The molecule has 0 saturated carbocycles. The molecule has 96 valence electrons. The molecule has 1 aliphatic heterocycles. The average Bonchev–Trinajstić information content (AvgIpc) is 2.25. The zero-order valence-electron chi connectivity index (χ0n) is 10.1. The van der Waals surface area contributed by atoms with Crippen LogP contribution in [0.25, 0.3) is 0 Å². The van der Waals surface area contributed by atoms with Crippen LogP contribution in [0.15, 0.2) is 18.2 Å². The smallest absolute Gasteiger partial charge is 0.309 e. The minimum atomic E-state index is 0. The highest BCUT2D eigenvalue weighted by atomic mass is 35.5. The highest BCUT2D eigenvalue weighted by molar-refractivity contribution is 8.13. The van der Waals surface area contributed by atoms with Crippen molar-refractivity contribution in [1.29, 1.82) is 0 Å². The van der Waals surface area contributed by atoms with Crippen molar-refractivity contribution in [1.82, 2.24) is 0 Å². The van der Waals surface area contributed by atoms with Crippen LogP contribution >= 0.6 is 11.8 Å². The Morgan fingerprint density at radius 1 is 1.24 bits per heavy atom. The summed E-state index contributed by atoms with van der Waals surface area (Å²) < 4.78 is 0. The molecule has 1 heterocycles. The largest absolute Gasteiger partial charge is 1.00 e. The van der Waals surface area contributed by atoms with Crippen molar-refractivity contribution in [2.24, 2.45) is 0 Å². The Morgan fingerprint density at radius 2 is 1.88 bits per heavy atom. The van der Waals surface area contributed by atoms with Gasteiger partial charge in [0.1, 0.15) is 5.69 Å². The first-order valence-corrected chi connectivity index (χ1v) is 6.33. The Morgan fingerprint density at radius 3 is 2.41 bits per heavy atom. The molecule has 0 unspecified atom stereocenters. The third kappa shape index (κ3) is 4.22. The van der Waals surface area contributed by atoms with Gasteiger partial charge in [0.2, 0.25) is 0 Å². The Hall–Kier alpha value is -0.710. The van der Waals surface area contributed by atoms with Gasteiger partial charge < -0.3 is 17.9 Å². The predicted octanol–water partition coefficient (Wildman–Crippen LogP) is -2.53. The number of nitrogens with one attached hydrogen (secondary N) is 2. The van der Waals surface area contributed by atoms with Crippen LogP contribution in [0.1, 0.15) is 17.5 Å². The normalized spacial score (nSPS) is 14.1. The van der Waals surface area contributed by atoms with Crippen LogP contribution in [0.4, 0.5) is 5.69 Å². The molecule has 1 aromatic carbocycles. The summed E-state index contributed by atoms with van der Waals surface area (Å²) in [6.07, 6.45) is 1.25. The number of amidine groups is 1. The summed E-state index contributed by atoms with van der Waals surface area (Å²) in [4.78, 5) is 3.39. The van der Waals surface area contributed by atoms with Gasteiger partial charge in [-0.2, -0.15) is 0 Å². The summed E-state index contributed by atoms with van der Waals surface area (Å²) in [5.74, 6) is 1.21. The van der Waals surface area contributed by atoms with Crippen molar-refractivity contribution in [2.75, 3.05) is 17.6 Å². The molecule has 0 bridgehead atoms. The van der Waals surface area contributed by atoms with Gasteiger partial charge in [0.05, 0.1) is 6.54 Å². The number of thioether (sulfide) groups is 1. The second-order valence-electron chi connectivity index (χ2n) is 3.85. The third-order valence-corrected chi connectivity index (χ3v) is 3.60. The van der Waals surface area contributed by atoms with E-state index < -0.39 is 0 Å². The Labute approximate surface area is 113 Å². The topological polar surface area (TPSA) is 57.5 Å². The number of aryl methyl sites for hydroxylation is 2. The van der Waals surface area contributed by atoms with Gasteiger partial charge in [0.15, 0.2) is 0 Å². The van der Waals surface area contributed by atoms with Crippen molar-refractivity contribution in [3.8, 4) is 0 Å². The zero-order valence-corrected chi connectivity index (χ0v) is 11.7. The maximum Gasteiger partial charge on any atom is 0.309 e. The maximum atomic E-state index is 3.49. The maximum absolute atomic E-state index is 3.49. The second kappa shape index (κ2) is 7.58. The molecule has 0 radical (unpaired) electrons. The number of benzene rings is 1. The first-order valence-electron chi connectivity index (χ1n) is 5.34. The van der Waals surface area contributed by atoms with Crippen LogP contribution < -0.4 is 22.7 Å². The lowest BCUT2D eigenvalue weighted by atomic mass is 10.1. The van der Waals surface area contributed by atoms with Crippen LogP contribution in [-0.2, 0) is 0 Å². The van der Waals surface area contributed by atoms with Crippen LogP contribution in [0, 0.1) is 13.8 Å². The molecule has 0 aliphatic carbocycles. The highest BCUT2D eigenvalue weighted by Gasteiger charge is 2.15. The molecule has 1 aliphatic rings. The van der Waals surface area contributed by atoms with Crippen LogP contribution in [0.3, 0.4) is 0 Å². The van der Waals surface area contributed by atoms with Crippen LogP contribution in [-0.4, -0.2) is 22.9 Å². The number of anilines is 1. The molecule has 0 aromatic heterocycles. The molecule has 17 heavy (non-hydrogen) atoms. The quantitative estimate of drug-likeness (QED) is 0.593. The SMILES string of the molecule is Cc1cccc(C)c1NC1=[NH+]CCCS1.O.[Cl-]. The van der Waals surface area contributed by atoms with Gasteiger partial charge in [-0.15, -0.1) is 0 Å². The minimum Gasteiger partial charge on any atom is -1.00 e. The van der Waals surface area contributed by atoms with E-state index in [4.69, 9.17) is 0 Å². The van der Waals surface area contributed by atoms with Crippen molar-refractivity contribution in [2.45, 2.75) is 20.3 Å². The van der Waals surface area contributed by atoms with Crippen LogP contribution in [0.2, 0.25) is 0 Å². The summed E-state index contributed by atoms with van der Waals surface area (Å²) in [7, 11) is 0. The van der Waals surface area contributed by atoms with Gasteiger partial charge in [-0.3, -0.25) is 4.99 Å².